The van der Waals surface area contributed by atoms with Crippen molar-refractivity contribution in [3.63, 3.8) is 0 Å². The molecule has 2 bridgehead atoms. The zero-order valence-electron chi connectivity index (χ0n) is 11.9. The third-order valence-electron chi connectivity index (χ3n) is 5.06. The Labute approximate surface area is 135 Å². The van der Waals surface area contributed by atoms with Gasteiger partial charge in [-0.2, -0.15) is 0 Å². The Morgan fingerprint density at radius 1 is 1.09 bits per heavy atom. The van der Waals surface area contributed by atoms with Crippen molar-refractivity contribution in [3.8, 4) is 17.4 Å². The fourth-order valence-electron chi connectivity index (χ4n) is 4.00. The van der Waals surface area contributed by atoms with Crippen LogP contribution >= 0.6 is 15.9 Å². The largest absolute Gasteiger partial charge is 0.494 e. The molecule has 2 aliphatic rings. The van der Waals surface area contributed by atoms with Gasteiger partial charge in [0, 0.05) is 27.4 Å². The van der Waals surface area contributed by atoms with E-state index in [4.69, 9.17) is 0 Å². The summed E-state index contributed by atoms with van der Waals surface area (Å²) in [6.07, 6.45) is 1.20. The number of aliphatic hydroxyl groups is 2. The molecule has 6 heteroatoms. The summed E-state index contributed by atoms with van der Waals surface area (Å²) in [4.78, 5) is 0. The van der Waals surface area contributed by atoms with Crippen molar-refractivity contribution < 1.29 is 20.4 Å². The molecule has 1 aromatic carbocycles. The van der Waals surface area contributed by atoms with Crippen LogP contribution < -0.4 is 0 Å². The molecule has 1 aromatic heterocycles. The lowest BCUT2D eigenvalue weighted by molar-refractivity contribution is -0.170. The third-order valence-corrected chi connectivity index (χ3v) is 5.95. The van der Waals surface area contributed by atoms with Crippen LogP contribution in [0.1, 0.15) is 41.4 Å². The Kier molecular flexibility index (Phi) is 2.74. The van der Waals surface area contributed by atoms with E-state index in [2.05, 4.69) is 15.9 Å². The molecule has 1 fully saturated rings. The summed E-state index contributed by atoms with van der Waals surface area (Å²) in [6, 6.07) is 5.50. The second-order valence-electron chi connectivity index (χ2n) is 6.21. The SMILES string of the molecule is Cc1cc(-n2c(O)c3c(c2O)[C@@H]2CC[C@@H]3C2(O)O)ccc1Br. The number of benzene rings is 1. The molecule has 0 unspecified atom stereocenters. The van der Waals surface area contributed by atoms with E-state index >= 15 is 0 Å². The maximum Gasteiger partial charge on any atom is 0.202 e. The highest BCUT2D eigenvalue weighted by Crippen LogP contribution is 2.64. The lowest BCUT2D eigenvalue weighted by atomic mass is 9.95. The fraction of sp³-hybridized carbons (Fsp3) is 0.375. The molecule has 0 aliphatic heterocycles. The summed E-state index contributed by atoms with van der Waals surface area (Å²) < 4.78 is 2.32. The van der Waals surface area contributed by atoms with Crippen LogP contribution in [0.15, 0.2) is 22.7 Å². The molecule has 1 saturated carbocycles. The van der Waals surface area contributed by atoms with Gasteiger partial charge >= 0.3 is 0 Å². The van der Waals surface area contributed by atoms with E-state index in [9.17, 15) is 20.4 Å². The van der Waals surface area contributed by atoms with Gasteiger partial charge in [0.05, 0.1) is 5.69 Å². The Hall–Kier alpha value is -1.50. The molecule has 5 nitrogen and oxygen atoms in total. The van der Waals surface area contributed by atoms with E-state index in [-0.39, 0.29) is 11.8 Å². The summed E-state index contributed by atoms with van der Waals surface area (Å²) in [6.45, 7) is 1.93. The Morgan fingerprint density at radius 3 is 2.14 bits per heavy atom. The molecule has 0 radical (unpaired) electrons. The zero-order chi connectivity index (χ0) is 15.8. The molecule has 2 aromatic rings. The van der Waals surface area contributed by atoms with E-state index in [0.29, 0.717) is 29.7 Å². The molecule has 0 amide bonds. The van der Waals surface area contributed by atoms with Crippen molar-refractivity contribution in [1.29, 1.82) is 0 Å². The van der Waals surface area contributed by atoms with Gasteiger partial charge in [-0.15, -0.1) is 0 Å². The van der Waals surface area contributed by atoms with Crippen LogP contribution in [0.2, 0.25) is 0 Å². The number of fused-ring (bicyclic) bond motifs is 5. The highest BCUT2D eigenvalue weighted by Gasteiger charge is 2.60. The minimum Gasteiger partial charge on any atom is -0.494 e. The predicted octanol–water partition coefficient (Wildman–Crippen LogP) is 2.61. The summed E-state index contributed by atoms with van der Waals surface area (Å²) in [5.74, 6) is -3.16. The predicted molar refractivity (Wildman–Crippen MR) is 83.4 cm³/mol. The zero-order valence-corrected chi connectivity index (χ0v) is 13.5. The van der Waals surface area contributed by atoms with Gasteiger partial charge in [-0.05, 0) is 43.5 Å². The van der Waals surface area contributed by atoms with Crippen LogP contribution in [0.25, 0.3) is 5.69 Å². The third kappa shape index (κ3) is 1.55. The molecular weight excluding hydrogens is 350 g/mol. The van der Waals surface area contributed by atoms with Crippen LogP contribution in [0.3, 0.4) is 0 Å². The highest BCUT2D eigenvalue weighted by molar-refractivity contribution is 9.10. The number of halogens is 1. The van der Waals surface area contributed by atoms with Crippen molar-refractivity contribution >= 4 is 15.9 Å². The summed E-state index contributed by atoms with van der Waals surface area (Å²) >= 11 is 3.43. The van der Waals surface area contributed by atoms with Gasteiger partial charge in [-0.25, -0.2) is 0 Å². The first-order valence-electron chi connectivity index (χ1n) is 7.21. The number of aryl methyl sites for hydroxylation is 1. The van der Waals surface area contributed by atoms with Crippen molar-refractivity contribution in [3.05, 3.63) is 39.4 Å². The lowest BCUT2D eigenvalue weighted by Gasteiger charge is -2.22. The van der Waals surface area contributed by atoms with Crippen LogP contribution in [0, 0.1) is 6.92 Å². The van der Waals surface area contributed by atoms with E-state index in [1.807, 2.05) is 19.1 Å². The van der Waals surface area contributed by atoms with Crippen LogP contribution in [-0.2, 0) is 0 Å². The maximum atomic E-state index is 10.6. The number of aromatic hydroxyl groups is 2. The smallest absolute Gasteiger partial charge is 0.202 e. The van der Waals surface area contributed by atoms with Gasteiger partial charge in [0.1, 0.15) is 0 Å². The number of aromatic nitrogens is 1. The topological polar surface area (TPSA) is 85.9 Å². The maximum absolute atomic E-state index is 10.6. The second kappa shape index (κ2) is 4.28. The monoisotopic (exact) mass is 365 g/mol. The molecule has 4 rings (SSSR count). The molecule has 22 heavy (non-hydrogen) atoms. The van der Waals surface area contributed by atoms with Crippen molar-refractivity contribution in [2.24, 2.45) is 0 Å². The van der Waals surface area contributed by atoms with E-state index in [0.717, 1.165) is 10.0 Å². The molecule has 116 valence electrons. The van der Waals surface area contributed by atoms with Crippen molar-refractivity contribution in [2.75, 3.05) is 0 Å². The first kappa shape index (κ1) is 14.1. The van der Waals surface area contributed by atoms with Gasteiger partial charge < -0.3 is 20.4 Å². The molecule has 2 aliphatic carbocycles. The van der Waals surface area contributed by atoms with Gasteiger partial charge in [-0.3, -0.25) is 4.57 Å². The second-order valence-corrected chi connectivity index (χ2v) is 7.06. The number of hydrogen-bond donors (Lipinski definition) is 4. The minimum absolute atomic E-state index is 0.103. The summed E-state index contributed by atoms with van der Waals surface area (Å²) in [5, 5.41) is 41.6. The molecule has 2 atom stereocenters. The first-order valence-corrected chi connectivity index (χ1v) is 8.01. The van der Waals surface area contributed by atoms with E-state index in [1.165, 1.54) is 4.57 Å². The van der Waals surface area contributed by atoms with Crippen molar-refractivity contribution in [2.45, 2.75) is 37.4 Å². The number of rotatable bonds is 1. The number of nitrogens with zero attached hydrogens (tertiary/aromatic N) is 1. The Balaban J connectivity index is 1.94. The quantitative estimate of drug-likeness (QED) is 0.585. The molecule has 1 heterocycles. The van der Waals surface area contributed by atoms with E-state index in [1.54, 1.807) is 6.07 Å². The minimum atomic E-state index is -1.87. The van der Waals surface area contributed by atoms with Crippen molar-refractivity contribution in [1.82, 2.24) is 4.57 Å². The van der Waals surface area contributed by atoms with Gasteiger partial charge in [0.2, 0.25) is 11.8 Å². The van der Waals surface area contributed by atoms with Crippen LogP contribution in [0.5, 0.6) is 11.8 Å². The number of hydrogen-bond acceptors (Lipinski definition) is 4. The normalized spacial score (nSPS) is 24.7. The van der Waals surface area contributed by atoms with Gasteiger partial charge in [0.25, 0.3) is 0 Å². The lowest BCUT2D eigenvalue weighted by Crippen LogP contribution is -2.31. The summed E-state index contributed by atoms with van der Waals surface area (Å²) in [5.41, 5.74) is 2.57. The van der Waals surface area contributed by atoms with Gasteiger partial charge in [-0.1, -0.05) is 15.9 Å². The molecular formula is C16H16BrNO4. The summed E-state index contributed by atoms with van der Waals surface area (Å²) in [7, 11) is 0. The van der Waals surface area contributed by atoms with Crippen LogP contribution in [-0.4, -0.2) is 30.8 Å². The highest BCUT2D eigenvalue weighted by atomic mass is 79.9. The fourth-order valence-corrected chi connectivity index (χ4v) is 4.24. The Morgan fingerprint density at radius 2 is 1.64 bits per heavy atom. The standard InChI is InChI=1S/C16H16BrNO4/c1-7-6-8(2-5-11(7)17)18-14(19)12-9-3-4-10(16(9,21)22)13(12)15(18)20/h2,5-6,9-10,19-22H,3-4H2,1H3/t9-,10-/m0/s1. The molecule has 0 spiro atoms. The first-order chi connectivity index (χ1) is 10.3. The average Bonchev–Trinajstić information content (AvgIpc) is 2.98. The average molecular weight is 366 g/mol. The Bertz CT molecular complexity index is 758. The molecule has 0 saturated heterocycles. The molecule has 4 N–H and O–H groups in total. The van der Waals surface area contributed by atoms with Crippen LogP contribution in [0.4, 0.5) is 0 Å². The van der Waals surface area contributed by atoms with E-state index < -0.39 is 17.6 Å². The van der Waals surface area contributed by atoms with Gasteiger partial charge in [0.15, 0.2) is 5.79 Å².